The van der Waals surface area contributed by atoms with Crippen LogP contribution in [0.5, 0.6) is 5.75 Å². The Morgan fingerprint density at radius 2 is 1.95 bits per heavy atom. The highest BCUT2D eigenvalue weighted by Gasteiger charge is 2.12. The van der Waals surface area contributed by atoms with Crippen molar-refractivity contribution in [3.05, 3.63) is 46.6 Å². The van der Waals surface area contributed by atoms with Crippen molar-refractivity contribution in [3.8, 4) is 5.75 Å². The Labute approximate surface area is 117 Å². The number of aliphatic hydroxyl groups excluding tert-OH is 1. The van der Waals surface area contributed by atoms with Crippen LogP contribution in [0.2, 0.25) is 0 Å². The number of benzene rings is 1. The van der Waals surface area contributed by atoms with Gasteiger partial charge >= 0.3 is 5.69 Å². The van der Waals surface area contributed by atoms with Crippen LogP contribution in [0.15, 0.2) is 35.4 Å². The zero-order valence-corrected chi connectivity index (χ0v) is 11.9. The van der Waals surface area contributed by atoms with Crippen LogP contribution >= 0.6 is 0 Å². The number of ether oxygens (including phenoxy) is 1. The van der Waals surface area contributed by atoms with Crippen molar-refractivity contribution < 1.29 is 9.84 Å². The predicted molar refractivity (Wildman–Crippen MR) is 74.6 cm³/mol. The van der Waals surface area contributed by atoms with E-state index in [1.165, 1.54) is 15.6 Å². The van der Waals surface area contributed by atoms with E-state index in [0.717, 1.165) is 11.3 Å². The Hall–Kier alpha value is -2.08. The second kappa shape index (κ2) is 5.92. The highest BCUT2D eigenvalue weighted by atomic mass is 16.5. The molecule has 6 nitrogen and oxygen atoms in total. The summed E-state index contributed by atoms with van der Waals surface area (Å²) in [5, 5.41) is 14.1. The van der Waals surface area contributed by atoms with Gasteiger partial charge in [-0.1, -0.05) is 12.1 Å². The molecule has 0 radical (unpaired) electrons. The van der Waals surface area contributed by atoms with Crippen molar-refractivity contribution in [1.29, 1.82) is 0 Å². The van der Waals surface area contributed by atoms with E-state index < -0.39 is 6.10 Å². The van der Waals surface area contributed by atoms with Gasteiger partial charge in [-0.3, -0.25) is 4.57 Å². The third kappa shape index (κ3) is 3.27. The van der Waals surface area contributed by atoms with Gasteiger partial charge in [-0.25, -0.2) is 9.48 Å². The molecule has 1 aromatic carbocycles. The lowest BCUT2D eigenvalue weighted by atomic mass is 10.1. The van der Waals surface area contributed by atoms with Crippen molar-refractivity contribution in [2.24, 2.45) is 7.05 Å². The minimum atomic E-state index is -0.782. The van der Waals surface area contributed by atoms with Crippen LogP contribution in [-0.4, -0.2) is 25.6 Å². The van der Waals surface area contributed by atoms with Crippen LogP contribution in [0.3, 0.4) is 0 Å². The molecule has 1 unspecified atom stereocenters. The molecule has 0 bridgehead atoms. The fraction of sp³-hybridized carbons (Fsp3) is 0.429. The standard InChI is InChI=1S/C14H19N3O3/c1-10(2)20-12-6-4-11(5-7-12)13(18)8-17-14(19)16(3)9-15-17/h4-7,9-10,13,18H,8H2,1-3H3. The SMILES string of the molecule is CC(C)Oc1ccc(C(O)Cn2ncn(C)c2=O)cc1. The van der Waals surface area contributed by atoms with Crippen LogP contribution in [-0.2, 0) is 13.6 Å². The molecule has 1 aromatic heterocycles. The van der Waals surface area contributed by atoms with Crippen molar-refractivity contribution in [2.45, 2.75) is 32.6 Å². The number of aromatic nitrogens is 3. The summed E-state index contributed by atoms with van der Waals surface area (Å²) < 4.78 is 8.14. The molecule has 0 spiro atoms. The molecule has 0 aliphatic heterocycles. The van der Waals surface area contributed by atoms with E-state index in [0.29, 0.717) is 0 Å². The van der Waals surface area contributed by atoms with E-state index in [1.807, 2.05) is 13.8 Å². The van der Waals surface area contributed by atoms with Crippen LogP contribution < -0.4 is 10.4 Å². The quantitative estimate of drug-likeness (QED) is 0.888. The van der Waals surface area contributed by atoms with Gasteiger partial charge in [-0.05, 0) is 31.5 Å². The lowest BCUT2D eigenvalue weighted by molar-refractivity contribution is 0.149. The smallest absolute Gasteiger partial charge is 0.345 e. The van der Waals surface area contributed by atoms with E-state index in [2.05, 4.69) is 5.10 Å². The Morgan fingerprint density at radius 3 is 2.45 bits per heavy atom. The molecule has 0 amide bonds. The van der Waals surface area contributed by atoms with Gasteiger partial charge in [0.15, 0.2) is 0 Å². The second-order valence-electron chi connectivity index (χ2n) is 4.96. The zero-order chi connectivity index (χ0) is 14.7. The van der Waals surface area contributed by atoms with E-state index in [4.69, 9.17) is 4.74 Å². The normalized spacial score (nSPS) is 12.7. The van der Waals surface area contributed by atoms with E-state index in [1.54, 1.807) is 31.3 Å². The van der Waals surface area contributed by atoms with Crippen LogP contribution in [0.4, 0.5) is 0 Å². The summed E-state index contributed by atoms with van der Waals surface area (Å²) in [6.07, 6.45) is 0.753. The topological polar surface area (TPSA) is 69.3 Å². The van der Waals surface area contributed by atoms with Crippen molar-refractivity contribution in [1.82, 2.24) is 14.3 Å². The third-order valence-electron chi connectivity index (χ3n) is 2.87. The summed E-state index contributed by atoms with van der Waals surface area (Å²) in [7, 11) is 1.62. The molecular formula is C14H19N3O3. The molecule has 0 aliphatic rings. The van der Waals surface area contributed by atoms with Gasteiger partial charge in [0.25, 0.3) is 0 Å². The van der Waals surface area contributed by atoms with Crippen LogP contribution in [0, 0.1) is 0 Å². The molecule has 2 rings (SSSR count). The zero-order valence-electron chi connectivity index (χ0n) is 11.9. The molecule has 108 valence electrons. The lowest BCUT2D eigenvalue weighted by Crippen LogP contribution is -2.25. The van der Waals surface area contributed by atoms with Crippen molar-refractivity contribution in [2.75, 3.05) is 0 Å². The summed E-state index contributed by atoms with van der Waals surface area (Å²) in [4.78, 5) is 11.6. The first-order valence-electron chi connectivity index (χ1n) is 6.50. The number of rotatable bonds is 5. The molecule has 1 heterocycles. The van der Waals surface area contributed by atoms with Gasteiger partial charge < -0.3 is 9.84 Å². The fourth-order valence-electron chi connectivity index (χ4n) is 1.86. The summed E-state index contributed by atoms with van der Waals surface area (Å²) in [5.74, 6) is 0.756. The second-order valence-corrected chi connectivity index (χ2v) is 4.96. The minimum absolute atomic E-state index is 0.109. The first-order chi connectivity index (χ1) is 9.47. The predicted octanol–water partition coefficient (Wildman–Crippen LogP) is 1.10. The highest BCUT2D eigenvalue weighted by Crippen LogP contribution is 2.19. The monoisotopic (exact) mass is 277 g/mol. The lowest BCUT2D eigenvalue weighted by Gasteiger charge is -2.13. The Morgan fingerprint density at radius 1 is 1.30 bits per heavy atom. The number of hydrogen-bond donors (Lipinski definition) is 1. The van der Waals surface area contributed by atoms with Gasteiger partial charge in [-0.15, -0.1) is 0 Å². The van der Waals surface area contributed by atoms with Crippen molar-refractivity contribution >= 4 is 0 Å². The van der Waals surface area contributed by atoms with Gasteiger partial charge in [0.05, 0.1) is 18.8 Å². The molecular weight excluding hydrogens is 258 g/mol. The van der Waals surface area contributed by atoms with E-state index >= 15 is 0 Å². The fourth-order valence-corrected chi connectivity index (χ4v) is 1.86. The first-order valence-corrected chi connectivity index (χ1v) is 6.50. The van der Waals surface area contributed by atoms with Gasteiger partial charge in [0.2, 0.25) is 0 Å². The number of hydrogen-bond acceptors (Lipinski definition) is 4. The van der Waals surface area contributed by atoms with E-state index in [9.17, 15) is 9.90 Å². The van der Waals surface area contributed by atoms with Gasteiger partial charge in [0, 0.05) is 7.05 Å². The van der Waals surface area contributed by atoms with Crippen LogP contribution in [0.25, 0.3) is 0 Å². The molecule has 1 atom stereocenters. The molecule has 6 heteroatoms. The van der Waals surface area contributed by atoms with Crippen LogP contribution in [0.1, 0.15) is 25.5 Å². The molecule has 0 saturated heterocycles. The van der Waals surface area contributed by atoms with Gasteiger partial charge in [0.1, 0.15) is 12.1 Å². The Kier molecular flexibility index (Phi) is 4.24. The molecule has 0 fully saturated rings. The highest BCUT2D eigenvalue weighted by molar-refractivity contribution is 5.28. The molecule has 20 heavy (non-hydrogen) atoms. The average molecular weight is 277 g/mol. The summed E-state index contributed by atoms with van der Waals surface area (Å²) >= 11 is 0. The average Bonchev–Trinajstić information content (AvgIpc) is 2.71. The largest absolute Gasteiger partial charge is 0.491 e. The Balaban J connectivity index is 2.07. The number of nitrogens with zero attached hydrogens (tertiary/aromatic N) is 3. The molecule has 2 aromatic rings. The summed E-state index contributed by atoms with van der Waals surface area (Å²) in [6.45, 7) is 4.04. The maximum absolute atomic E-state index is 11.6. The molecule has 0 saturated carbocycles. The summed E-state index contributed by atoms with van der Waals surface area (Å²) in [5.41, 5.74) is 0.475. The van der Waals surface area contributed by atoms with Gasteiger partial charge in [-0.2, -0.15) is 5.10 Å². The first kappa shape index (κ1) is 14.3. The maximum atomic E-state index is 11.6. The minimum Gasteiger partial charge on any atom is -0.491 e. The number of aliphatic hydroxyl groups is 1. The molecule has 1 N–H and O–H groups in total. The Bertz CT molecular complexity index is 613. The third-order valence-corrected chi connectivity index (χ3v) is 2.87. The number of aryl methyl sites for hydroxylation is 1. The molecule has 0 aliphatic carbocycles. The maximum Gasteiger partial charge on any atom is 0.345 e. The summed E-state index contributed by atoms with van der Waals surface area (Å²) in [6, 6.07) is 7.19. The van der Waals surface area contributed by atoms with Crippen molar-refractivity contribution in [3.63, 3.8) is 0 Å². The van der Waals surface area contributed by atoms with E-state index in [-0.39, 0.29) is 18.3 Å².